The molecule has 2 fully saturated rings. The van der Waals surface area contributed by atoms with Gasteiger partial charge in [0.15, 0.2) is 0 Å². The first-order valence-corrected chi connectivity index (χ1v) is 9.09. The molecule has 0 aromatic heterocycles. The molecule has 1 heterocycles. The van der Waals surface area contributed by atoms with E-state index in [0.717, 1.165) is 25.7 Å². The van der Waals surface area contributed by atoms with E-state index in [2.05, 4.69) is 5.32 Å². The van der Waals surface area contributed by atoms with E-state index in [4.69, 9.17) is 0 Å². The summed E-state index contributed by atoms with van der Waals surface area (Å²) < 4.78 is 14.3. The van der Waals surface area contributed by atoms with Crippen LogP contribution >= 0.6 is 0 Å². The minimum atomic E-state index is -0.862. The zero-order valence-corrected chi connectivity index (χ0v) is 14.3. The van der Waals surface area contributed by atoms with Crippen molar-refractivity contribution in [1.29, 1.82) is 0 Å². The standard InChI is InChI=1S/C19H25FN2O3/c20-16-10-4-3-9-15(16)17(13-6-1-2-7-13)21-19(25)22-11-5-8-14(12-22)18(23)24/h3-4,9-10,13-14,17H,1-2,5-8,11-12H2,(H,21,25)(H,23,24). The first kappa shape index (κ1) is 17.7. The van der Waals surface area contributed by atoms with E-state index in [0.29, 0.717) is 24.9 Å². The first-order valence-electron chi connectivity index (χ1n) is 9.09. The molecule has 2 aliphatic rings. The van der Waals surface area contributed by atoms with Crippen molar-refractivity contribution < 1.29 is 19.1 Å². The van der Waals surface area contributed by atoms with Crippen LogP contribution in [0.2, 0.25) is 0 Å². The number of hydrogen-bond donors (Lipinski definition) is 2. The molecule has 2 amide bonds. The molecule has 2 N–H and O–H groups in total. The largest absolute Gasteiger partial charge is 0.481 e. The molecule has 1 aromatic carbocycles. The molecule has 3 rings (SSSR count). The molecule has 2 atom stereocenters. The molecule has 136 valence electrons. The van der Waals surface area contributed by atoms with Gasteiger partial charge in [-0.15, -0.1) is 0 Å². The third-order valence-electron chi connectivity index (χ3n) is 5.45. The van der Waals surface area contributed by atoms with Gasteiger partial charge in [0, 0.05) is 18.7 Å². The van der Waals surface area contributed by atoms with Gasteiger partial charge in [-0.2, -0.15) is 0 Å². The highest BCUT2D eigenvalue weighted by Gasteiger charge is 2.33. The zero-order valence-electron chi connectivity index (χ0n) is 14.3. The summed E-state index contributed by atoms with van der Waals surface area (Å²) in [5, 5.41) is 12.2. The maximum Gasteiger partial charge on any atom is 0.317 e. The van der Waals surface area contributed by atoms with Gasteiger partial charge in [0.2, 0.25) is 0 Å². The lowest BCUT2D eigenvalue weighted by atomic mass is 9.91. The summed E-state index contributed by atoms with van der Waals surface area (Å²) in [6.07, 6.45) is 5.40. The Morgan fingerprint density at radius 2 is 1.88 bits per heavy atom. The van der Waals surface area contributed by atoms with Gasteiger partial charge in [0.05, 0.1) is 12.0 Å². The number of urea groups is 1. The van der Waals surface area contributed by atoms with Crippen LogP contribution in [0.4, 0.5) is 9.18 Å². The normalized spacial score (nSPS) is 22.6. The number of carbonyl (C=O) groups is 2. The van der Waals surface area contributed by atoms with E-state index >= 15 is 0 Å². The van der Waals surface area contributed by atoms with E-state index in [1.807, 2.05) is 0 Å². The highest BCUT2D eigenvalue weighted by atomic mass is 19.1. The summed E-state index contributed by atoms with van der Waals surface area (Å²) in [5.74, 6) is -1.46. The average molecular weight is 348 g/mol. The third kappa shape index (κ3) is 4.11. The van der Waals surface area contributed by atoms with Gasteiger partial charge in [-0.3, -0.25) is 4.79 Å². The smallest absolute Gasteiger partial charge is 0.317 e. The summed E-state index contributed by atoms with van der Waals surface area (Å²) in [5.41, 5.74) is 0.523. The molecular formula is C19H25FN2O3. The summed E-state index contributed by atoms with van der Waals surface area (Å²) in [6.45, 7) is 0.764. The van der Waals surface area contributed by atoms with E-state index in [1.165, 1.54) is 6.07 Å². The van der Waals surface area contributed by atoms with Crippen molar-refractivity contribution in [3.05, 3.63) is 35.6 Å². The monoisotopic (exact) mass is 348 g/mol. The maximum absolute atomic E-state index is 14.3. The van der Waals surface area contributed by atoms with Gasteiger partial charge in [0.1, 0.15) is 5.82 Å². The molecule has 1 aliphatic heterocycles. The number of halogens is 1. The van der Waals surface area contributed by atoms with Gasteiger partial charge in [-0.25, -0.2) is 9.18 Å². The molecule has 1 saturated carbocycles. The van der Waals surface area contributed by atoms with Crippen molar-refractivity contribution in [3.63, 3.8) is 0 Å². The fraction of sp³-hybridized carbons (Fsp3) is 0.579. The molecule has 0 bridgehead atoms. The predicted molar refractivity (Wildman–Crippen MR) is 91.6 cm³/mol. The Hall–Kier alpha value is -2.11. The van der Waals surface area contributed by atoms with Gasteiger partial charge in [0.25, 0.3) is 0 Å². The van der Waals surface area contributed by atoms with Crippen molar-refractivity contribution in [2.75, 3.05) is 13.1 Å². The summed E-state index contributed by atoms with van der Waals surface area (Å²) in [7, 11) is 0. The average Bonchev–Trinajstić information content (AvgIpc) is 3.14. The Balaban J connectivity index is 1.74. The van der Waals surface area contributed by atoms with Crippen molar-refractivity contribution in [2.24, 2.45) is 11.8 Å². The van der Waals surface area contributed by atoms with Crippen LogP contribution in [0.5, 0.6) is 0 Å². The minimum absolute atomic E-state index is 0.218. The highest BCUT2D eigenvalue weighted by molar-refractivity contribution is 5.77. The van der Waals surface area contributed by atoms with E-state index in [-0.39, 0.29) is 30.4 Å². The second-order valence-corrected chi connectivity index (χ2v) is 7.12. The number of nitrogens with one attached hydrogen (secondary N) is 1. The highest BCUT2D eigenvalue weighted by Crippen LogP contribution is 2.36. The van der Waals surface area contributed by atoms with Crippen LogP contribution in [0.1, 0.15) is 50.1 Å². The van der Waals surface area contributed by atoms with E-state index in [1.54, 1.807) is 23.1 Å². The molecule has 1 aromatic rings. The van der Waals surface area contributed by atoms with Crippen molar-refractivity contribution >= 4 is 12.0 Å². The van der Waals surface area contributed by atoms with Crippen LogP contribution in [0.15, 0.2) is 24.3 Å². The van der Waals surface area contributed by atoms with Gasteiger partial charge >= 0.3 is 12.0 Å². The Labute approximate surface area is 147 Å². The van der Waals surface area contributed by atoms with Crippen LogP contribution < -0.4 is 5.32 Å². The third-order valence-corrected chi connectivity index (χ3v) is 5.45. The number of amides is 2. The minimum Gasteiger partial charge on any atom is -0.481 e. The maximum atomic E-state index is 14.3. The predicted octanol–water partition coefficient (Wildman–Crippen LogP) is 3.56. The lowest BCUT2D eigenvalue weighted by Gasteiger charge is -2.34. The first-order chi connectivity index (χ1) is 12.1. The molecule has 2 unspecified atom stereocenters. The number of carbonyl (C=O) groups excluding carboxylic acids is 1. The molecule has 0 spiro atoms. The molecule has 5 nitrogen and oxygen atoms in total. The van der Waals surface area contributed by atoms with Crippen LogP contribution in [0, 0.1) is 17.7 Å². The lowest BCUT2D eigenvalue weighted by molar-refractivity contribution is -0.143. The second-order valence-electron chi connectivity index (χ2n) is 7.12. The van der Waals surface area contributed by atoms with Gasteiger partial charge in [-0.05, 0) is 37.7 Å². The van der Waals surface area contributed by atoms with E-state index in [9.17, 15) is 19.1 Å². The molecule has 25 heavy (non-hydrogen) atoms. The van der Waals surface area contributed by atoms with Gasteiger partial charge in [-0.1, -0.05) is 31.0 Å². The summed E-state index contributed by atoms with van der Waals surface area (Å²) >= 11 is 0. The van der Waals surface area contributed by atoms with Crippen LogP contribution in [0.25, 0.3) is 0 Å². The van der Waals surface area contributed by atoms with E-state index < -0.39 is 11.9 Å². The van der Waals surface area contributed by atoms with Crippen LogP contribution in [-0.2, 0) is 4.79 Å². The number of piperidine rings is 1. The number of hydrogen-bond acceptors (Lipinski definition) is 2. The fourth-order valence-electron chi connectivity index (χ4n) is 4.06. The van der Waals surface area contributed by atoms with Crippen molar-refractivity contribution in [1.82, 2.24) is 10.2 Å². The van der Waals surface area contributed by atoms with Crippen molar-refractivity contribution in [2.45, 2.75) is 44.6 Å². The topological polar surface area (TPSA) is 69.6 Å². The second kappa shape index (κ2) is 7.85. The Kier molecular flexibility index (Phi) is 5.56. The Bertz CT molecular complexity index is 631. The molecule has 1 saturated heterocycles. The number of carboxylic acid groups (broad SMARTS) is 1. The van der Waals surface area contributed by atoms with Crippen LogP contribution in [0.3, 0.4) is 0 Å². The summed E-state index contributed by atoms with van der Waals surface area (Å²) in [6, 6.07) is 5.94. The van der Waals surface area contributed by atoms with Crippen molar-refractivity contribution in [3.8, 4) is 0 Å². The lowest BCUT2D eigenvalue weighted by Crippen LogP contribution is -2.48. The molecular weight excluding hydrogens is 323 g/mol. The number of likely N-dealkylation sites (tertiary alicyclic amines) is 1. The number of benzene rings is 1. The van der Waals surface area contributed by atoms with Crippen LogP contribution in [-0.4, -0.2) is 35.1 Å². The SMILES string of the molecule is O=C(O)C1CCCN(C(=O)NC(c2ccccc2F)C2CCCC2)C1. The molecule has 6 heteroatoms. The quantitative estimate of drug-likeness (QED) is 0.874. The zero-order chi connectivity index (χ0) is 17.8. The number of rotatable bonds is 4. The Morgan fingerprint density at radius 3 is 2.56 bits per heavy atom. The van der Waals surface area contributed by atoms with Gasteiger partial charge < -0.3 is 15.3 Å². The summed E-state index contributed by atoms with van der Waals surface area (Å²) in [4.78, 5) is 25.5. The number of nitrogens with zero attached hydrogens (tertiary/aromatic N) is 1. The molecule has 1 aliphatic carbocycles. The Morgan fingerprint density at radius 1 is 1.16 bits per heavy atom. The number of aliphatic carboxylic acids is 1. The number of carboxylic acids is 1. The molecule has 0 radical (unpaired) electrons. The fourth-order valence-corrected chi connectivity index (χ4v) is 4.06.